The largest absolute Gasteiger partial charge is 0.447 e. The Hall–Kier alpha value is -1.90. The number of non-ortho nitro benzene ring substituents is 1. The summed E-state index contributed by atoms with van der Waals surface area (Å²) in [5.41, 5.74) is 0.891. The number of hydrogen-bond donors (Lipinski definition) is 0. The van der Waals surface area contributed by atoms with Gasteiger partial charge in [0.15, 0.2) is 4.67 Å². The van der Waals surface area contributed by atoms with E-state index in [0.29, 0.717) is 10.4 Å². The van der Waals surface area contributed by atoms with Gasteiger partial charge in [0.25, 0.3) is 5.69 Å². The van der Waals surface area contributed by atoms with Crippen LogP contribution in [-0.4, -0.2) is 11.1 Å². The molecule has 8 heteroatoms. The van der Waals surface area contributed by atoms with Crippen LogP contribution in [0.4, 0.5) is 11.4 Å². The quantitative estimate of drug-likeness (QED) is 0.233. The van der Waals surface area contributed by atoms with Gasteiger partial charge in [-0.3, -0.25) is 15.1 Å². The zero-order chi connectivity index (χ0) is 17.8. The normalized spacial score (nSPS) is 11.1. The maximum absolute atomic E-state index is 10.7. The molecule has 0 aliphatic carbocycles. The van der Waals surface area contributed by atoms with Crippen LogP contribution in [0.5, 0.6) is 0 Å². The number of rotatable bonds is 5. The van der Waals surface area contributed by atoms with Gasteiger partial charge in [-0.2, -0.15) is 0 Å². The highest BCUT2D eigenvalue weighted by molar-refractivity contribution is 9.13. The van der Waals surface area contributed by atoms with Crippen LogP contribution in [0, 0.1) is 10.1 Å². The van der Waals surface area contributed by atoms with E-state index in [1.165, 1.54) is 23.9 Å². The number of nitro groups is 1. The van der Waals surface area contributed by atoms with Gasteiger partial charge in [0.2, 0.25) is 0 Å². The van der Waals surface area contributed by atoms with Gasteiger partial charge >= 0.3 is 0 Å². The Bertz CT molecular complexity index is 903. The van der Waals surface area contributed by atoms with E-state index in [1.54, 1.807) is 18.3 Å². The van der Waals surface area contributed by atoms with Crippen molar-refractivity contribution in [3.05, 3.63) is 79.6 Å². The maximum atomic E-state index is 10.7. The number of furan rings is 1. The maximum Gasteiger partial charge on any atom is 0.269 e. The summed E-state index contributed by atoms with van der Waals surface area (Å²) in [5, 5.41) is 10.7. The van der Waals surface area contributed by atoms with Gasteiger partial charge in [0.1, 0.15) is 5.76 Å². The lowest BCUT2D eigenvalue weighted by atomic mass is 10.3. The molecule has 5 nitrogen and oxygen atoms in total. The topological polar surface area (TPSA) is 68.6 Å². The van der Waals surface area contributed by atoms with Crippen molar-refractivity contribution in [1.82, 2.24) is 0 Å². The van der Waals surface area contributed by atoms with Gasteiger partial charge in [-0.15, -0.1) is 0 Å². The summed E-state index contributed by atoms with van der Waals surface area (Å²) >= 11 is 8.16. The van der Waals surface area contributed by atoms with Crippen LogP contribution in [0.25, 0.3) is 0 Å². The first-order valence-electron chi connectivity index (χ1n) is 7.02. The monoisotopic (exact) mass is 480 g/mol. The number of benzene rings is 2. The summed E-state index contributed by atoms with van der Waals surface area (Å²) in [5.74, 6) is 0.642. The molecule has 0 saturated heterocycles. The molecule has 0 atom stereocenters. The molecule has 0 amide bonds. The molecule has 126 valence electrons. The number of hydrogen-bond acceptors (Lipinski definition) is 5. The fourth-order valence-corrected chi connectivity index (χ4v) is 3.36. The van der Waals surface area contributed by atoms with Crippen molar-refractivity contribution in [1.29, 1.82) is 0 Å². The Balaban J connectivity index is 1.66. The first-order valence-corrected chi connectivity index (χ1v) is 9.43. The lowest BCUT2D eigenvalue weighted by molar-refractivity contribution is -0.384. The summed E-state index contributed by atoms with van der Waals surface area (Å²) in [7, 11) is 0. The predicted octanol–water partition coefficient (Wildman–Crippen LogP) is 6.61. The van der Waals surface area contributed by atoms with Gasteiger partial charge in [-0.25, -0.2) is 0 Å². The van der Waals surface area contributed by atoms with Crippen LogP contribution < -0.4 is 0 Å². The van der Waals surface area contributed by atoms with Crippen LogP contribution >= 0.6 is 43.6 Å². The van der Waals surface area contributed by atoms with E-state index < -0.39 is 4.92 Å². The van der Waals surface area contributed by atoms with E-state index >= 15 is 0 Å². The van der Waals surface area contributed by atoms with Gasteiger partial charge in [-0.05, 0) is 68.3 Å². The zero-order valence-electron chi connectivity index (χ0n) is 12.6. The van der Waals surface area contributed by atoms with Crippen molar-refractivity contribution >= 4 is 61.2 Å². The molecular formula is C17H10Br2N2O3S. The second-order valence-electron chi connectivity index (χ2n) is 4.88. The summed E-state index contributed by atoms with van der Waals surface area (Å²) in [6, 6.07) is 16.0. The molecule has 0 N–H and O–H groups in total. The van der Waals surface area contributed by atoms with E-state index in [2.05, 4.69) is 36.9 Å². The Morgan fingerprint density at radius 3 is 2.16 bits per heavy atom. The summed E-state index contributed by atoms with van der Waals surface area (Å²) in [6.45, 7) is 0. The standard InChI is InChI=1S/C17H10Br2N2O3S/c18-16-9-13(24-17(16)19)10-20-11-1-5-14(6-2-11)25-15-7-3-12(4-8-15)21(22)23/h1-10H. The lowest BCUT2D eigenvalue weighted by Gasteiger charge is -2.02. The molecule has 0 radical (unpaired) electrons. The summed E-state index contributed by atoms with van der Waals surface area (Å²) in [4.78, 5) is 16.6. The van der Waals surface area contributed by atoms with Crippen molar-refractivity contribution in [3.63, 3.8) is 0 Å². The molecule has 2 aromatic carbocycles. The van der Waals surface area contributed by atoms with Crippen LogP contribution in [0.15, 0.2) is 82.9 Å². The van der Waals surface area contributed by atoms with Gasteiger partial charge in [0.05, 0.1) is 21.3 Å². The molecule has 0 bridgehead atoms. The number of nitrogens with zero attached hydrogens (tertiary/aromatic N) is 2. The Labute approximate surface area is 164 Å². The molecule has 0 aliphatic heterocycles. The molecule has 0 fully saturated rings. The van der Waals surface area contributed by atoms with Gasteiger partial charge < -0.3 is 4.42 Å². The Morgan fingerprint density at radius 2 is 1.64 bits per heavy atom. The number of nitro benzene ring substituents is 1. The van der Waals surface area contributed by atoms with Crippen molar-refractivity contribution in [2.45, 2.75) is 9.79 Å². The zero-order valence-corrected chi connectivity index (χ0v) is 16.5. The molecular weight excluding hydrogens is 472 g/mol. The molecule has 1 heterocycles. The minimum Gasteiger partial charge on any atom is -0.447 e. The molecule has 3 rings (SSSR count). The number of halogens is 2. The molecule has 0 saturated carbocycles. The highest BCUT2D eigenvalue weighted by Crippen LogP contribution is 2.30. The lowest BCUT2D eigenvalue weighted by Crippen LogP contribution is -1.86. The molecule has 1 aromatic heterocycles. The van der Waals surface area contributed by atoms with E-state index in [0.717, 1.165) is 20.0 Å². The second-order valence-corrected chi connectivity index (χ2v) is 7.60. The van der Waals surface area contributed by atoms with Crippen molar-refractivity contribution < 1.29 is 9.34 Å². The summed E-state index contributed by atoms with van der Waals surface area (Å²) < 4.78 is 6.90. The first kappa shape index (κ1) is 17.9. The van der Waals surface area contributed by atoms with E-state index in [4.69, 9.17) is 4.42 Å². The Kier molecular flexibility index (Phi) is 5.72. The van der Waals surface area contributed by atoms with Gasteiger partial charge in [0, 0.05) is 28.0 Å². The molecule has 25 heavy (non-hydrogen) atoms. The highest BCUT2D eigenvalue weighted by Gasteiger charge is 2.05. The predicted molar refractivity (Wildman–Crippen MR) is 105 cm³/mol. The van der Waals surface area contributed by atoms with Crippen LogP contribution in [0.2, 0.25) is 0 Å². The minimum atomic E-state index is -0.405. The smallest absolute Gasteiger partial charge is 0.269 e. The average Bonchev–Trinajstić information content (AvgIpc) is 2.93. The first-order chi connectivity index (χ1) is 12.0. The van der Waals surface area contributed by atoms with Crippen molar-refractivity contribution in [2.24, 2.45) is 4.99 Å². The van der Waals surface area contributed by atoms with Gasteiger partial charge in [-0.1, -0.05) is 11.8 Å². The van der Waals surface area contributed by atoms with E-state index in [1.807, 2.05) is 30.3 Å². The Morgan fingerprint density at radius 1 is 1.04 bits per heavy atom. The third-order valence-corrected chi connectivity index (χ3v) is 5.85. The number of aliphatic imine (C=N–C) groups is 1. The van der Waals surface area contributed by atoms with E-state index in [-0.39, 0.29) is 5.69 Å². The fraction of sp³-hybridized carbons (Fsp3) is 0. The average molecular weight is 482 g/mol. The third kappa shape index (κ3) is 4.81. The molecule has 0 aliphatic rings. The molecule has 0 unspecified atom stereocenters. The third-order valence-electron chi connectivity index (χ3n) is 3.13. The minimum absolute atomic E-state index is 0.0882. The molecule has 3 aromatic rings. The fourth-order valence-electron chi connectivity index (χ4n) is 1.94. The van der Waals surface area contributed by atoms with Crippen LogP contribution in [0.3, 0.4) is 0 Å². The van der Waals surface area contributed by atoms with E-state index in [9.17, 15) is 10.1 Å². The SMILES string of the molecule is O=[N+]([O-])c1ccc(Sc2ccc(N=Cc3cc(Br)c(Br)o3)cc2)cc1. The van der Waals surface area contributed by atoms with Crippen LogP contribution in [-0.2, 0) is 0 Å². The molecule has 0 spiro atoms. The summed E-state index contributed by atoms with van der Waals surface area (Å²) in [6.07, 6.45) is 1.65. The van der Waals surface area contributed by atoms with Crippen molar-refractivity contribution in [3.8, 4) is 0 Å². The van der Waals surface area contributed by atoms with Crippen LogP contribution in [0.1, 0.15) is 5.76 Å². The second kappa shape index (κ2) is 7.99. The van der Waals surface area contributed by atoms with Crippen molar-refractivity contribution in [2.75, 3.05) is 0 Å². The highest BCUT2D eigenvalue weighted by atomic mass is 79.9.